The Morgan fingerprint density at radius 2 is 2.11 bits per heavy atom. The molecule has 1 atom stereocenters. The molecule has 18 heavy (non-hydrogen) atoms. The van der Waals surface area contributed by atoms with Crippen LogP contribution in [-0.4, -0.2) is 20.0 Å². The normalized spacial score (nSPS) is 12.1. The van der Waals surface area contributed by atoms with Gasteiger partial charge in [-0.25, -0.2) is 0 Å². The van der Waals surface area contributed by atoms with E-state index in [1.165, 1.54) is 22.9 Å². The van der Waals surface area contributed by atoms with E-state index >= 15 is 0 Å². The molecule has 92 valence electrons. The summed E-state index contributed by atoms with van der Waals surface area (Å²) in [5.41, 5.74) is 2.40. The highest BCUT2D eigenvalue weighted by Gasteiger charge is 2.13. The zero-order valence-corrected chi connectivity index (χ0v) is 11.2. The molecule has 2 aromatic rings. The fraction of sp³-hybridized carbons (Fsp3) is 0.308. The van der Waals surface area contributed by atoms with E-state index in [9.17, 15) is 5.26 Å². The Morgan fingerprint density at radius 1 is 1.39 bits per heavy atom. The summed E-state index contributed by atoms with van der Waals surface area (Å²) >= 11 is 1.45. The molecule has 0 fully saturated rings. The van der Waals surface area contributed by atoms with Crippen molar-refractivity contribution in [1.82, 2.24) is 14.8 Å². The van der Waals surface area contributed by atoms with Gasteiger partial charge >= 0.3 is 0 Å². The van der Waals surface area contributed by atoms with E-state index in [-0.39, 0.29) is 5.25 Å². The number of hydrogen-bond acceptors (Lipinski definition) is 4. The lowest BCUT2D eigenvalue weighted by molar-refractivity contribution is 0.785. The van der Waals surface area contributed by atoms with Crippen LogP contribution in [0.4, 0.5) is 0 Å². The van der Waals surface area contributed by atoms with Gasteiger partial charge in [-0.1, -0.05) is 41.6 Å². The molecule has 1 heterocycles. The molecule has 1 unspecified atom stereocenters. The highest BCUT2D eigenvalue weighted by atomic mass is 32.2. The SMILES string of the molecule is Cc1ccc(CC(C#N)Sc2nncn2C)cc1. The molecule has 0 aliphatic heterocycles. The van der Waals surface area contributed by atoms with Crippen molar-refractivity contribution in [2.45, 2.75) is 23.8 Å². The van der Waals surface area contributed by atoms with Crippen molar-refractivity contribution < 1.29 is 0 Å². The van der Waals surface area contributed by atoms with E-state index in [4.69, 9.17) is 0 Å². The van der Waals surface area contributed by atoms with Crippen molar-refractivity contribution in [2.75, 3.05) is 0 Å². The minimum atomic E-state index is -0.143. The maximum Gasteiger partial charge on any atom is 0.192 e. The Hall–Kier alpha value is -1.80. The topological polar surface area (TPSA) is 54.5 Å². The maximum atomic E-state index is 9.20. The average Bonchev–Trinajstić information content (AvgIpc) is 2.77. The van der Waals surface area contributed by atoms with Crippen molar-refractivity contribution in [2.24, 2.45) is 7.05 Å². The number of nitrogens with zero attached hydrogens (tertiary/aromatic N) is 4. The summed E-state index contributed by atoms with van der Waals surface area (Å²) in [7, 11) is 1.88. The van der Waals surface area contributed by atoms with Gasteiger partial charge < -0.3 is 4.57 Å². The lowest BCUT2D eigenvalue weighted by atomic mass is 10.1. The second-order valence-corrected chi connectivity index (χ2v) is 5.32. The van der Waals surface area contributed by atoms with E-state index in [2.05, 4.69) is 47.5 Å². The highest BCUT2D eigenvalue weighted by molar-refractivity contribution is 8.00. The fourth-order valence-corrected chi connectivity index (χ4v) is 2.45. The summed E-state index contributed by atoms with van der Waals surface area (Å²) < 4.78 is 1.82. The molecule has 0 saturated carbocycles. The molecule has 2 rings (SSSR count). The van der Waals surface area contributed by atoms with Crippen molar-refractivity contribution in [3.05, 3.63) is 41.7 Å². The molecular weight excluding hydrogens is 244 g/mol. The molecule has 5 heteroatoms. The first-order valence-corrected chi connectivity index (χ1v) is 6.53. The Morgan fingerprint density at radius 3 is 2.67 bits per heavy atom. The first kappa shape index (κ1) is 12.7. The summed E-state index contributed by atoms with van der Waals surface area (Å²) in [6.07, 6.45) is 2.36. The first-order valence-electron chi connectivity index (χ1n) is 5.65. The summed E-state index contributed by atoms with van der Waals surface area (Å²) in [6, 6.07) is 10.6. The standard InChI is InChI=1S/C13H14N4S/c1-10-3-5-11(6-4-10)7-12(8-14)18-13-16-15-9-17(13)2/h3-6,9,12H,7H2,1-2H3. The third kappa shape index (κ3) is 3.11. The number of aromatic nitrogens is 3. The summed E-state index contributed by atoms with van der Waals surface area (Å²) in [5, 5.41) is 17.6. The van der Waals surface area contributed by atoms with Crippen LogP contribution in [0.25, 0.3) is 0 Å². The Balaban J connectivity index is 2.04. The number of aryl methyl sites for hydroxylation is 2. The molecule has 0 aliphatic rings. The van der Waals surface area contributed by atoms with E-state index in [1.54, 1.807) is 6.33 Å². The van der Waals surface area contributed by atoms with Gasteiger partial charge in [0, 0.05) is 7.05 Å². The van der Waals surface area contributed by atoms with Crippen LogP contribution in [0.1, 0.15) is 11.1 Å². The first-order chi connectivity index (χ1) is 8.69. The Kier molecular flexibility index (Phi) is 4.00. The largest absolute Gasteiger partial charge is 0.312 e. The lowest BCUT2D eigenvalue weighted by Crippen LogP contribution is -2.05. The number of thioether (sulfide) groups is 1. The van der Waals surface area contributed by atoms with Crippen LogP contribution >= 0.6 is 11.8 Å². The van der Waals surface area contributed by atoms with Crippen LogP contribution in [0.3, 0.4) is 0 Å². The molecule has 1 aromatic carbocycles. The van der Waals surface area contributed by atoms with Crippen molar-refractivity contribution in [3.63, 3.8) is 0 Å². The van der Waals surface area contributed by atoms with Crippen LogP contribution < -0.4 is 0 Å². The van der Waals surface area contributed by atoms with Gasteiger partial charge in [0.25, 0.3) is 0 Å². The molecule has 0 bridgehead atoms. The third-order valence-electron chi connectivity index (χ3n) is 2.60. The molecule has 0 aliphatic carbocycles. The Bertz CT molecular complexity index is 553. The molecule has 0 radical (unpaired) electrons. The smallest absolute Gasteiger partial charge is 0.192 e. The van der Waals surface area contributed by atoms with Crippen LogP contribution in [0.2, 0.25) is 0 Å². The van der Waals surface area contributed by atoms with Gasteiger partial charge in [0.15, 0.2) is 5.16 Å². The number of nitriles is 1. The number of rotatable bonds is 4. The van der Waals surface area contributed by atoms with Gasteiger partial charge in [-0.05, 0) is 18.9 Å². The van der Waals surface area contributed by atoms with Crippen molar-refractivity contribution in [1.29, 1.82) is 5.26 Å². The molecule has 0 N–H and O–H groups in total. The van der Waals surface area contributed by atoms with Crippen molar-refractivity contribution >= 4 is 11.8 Å². The van der Waals surface area contributed by atoms with Gasteiger partial charge in [0.1, 0.15) is 11.6 Å². The van der Waals surface area contributed by atoms with Gasteiger partial charge in [0.2, 0.25) is 0 Å². The van der Waals surface area contributed by atoms with Crippen LogP contribution in [0.15, 0.2) is 35.7 Å². The molecule has 0 amide bonds. The Labute approximate surface area is 111 Å². The summed E-state index contributed by atoms with van der Waals surface area (Å²) in [4.78, 5) is 0. The van der Waals surface area contributed by atoms with Gasteiger partial charge in [-0.15, -0.1) is 10.2 Å². The molecule has 0 spiro atoms. The minimum absolute atomic E-state index is 0.143. The monoisotopic (exact) mass is 258 g/mol. The molecule has 0 saturated heterocycles. The van der Waals surface area contributed by atoms with Gasteiger partial charge in [0.05, 0.1) is 6.07 Å². The fourth-order valence-electron chi connectivity index (χ4n) is 1.56. The van der Waals surface area contributed by atoms with E-state index in [0.29, 0.717) is 6.42 Å². The molecule has 4 nitrogen and oxygen atoms in total. The zero-order valence-electron chi connectivity index (χ0n) is 10.4. The summed E-state index contributed by atoms with van der Waals surface area (Å²) in [5.74, 6) is 0. The highest BCUT2D eigenvalue weighted by Crippen LogP contribution is 2.23. The second-order valence-electron chi connectivity index (χ2n) is 4.15. The predicted octanol–water partition coefficient (Wildman–Crippen LogP) is 2.35. The van der Waals surface area contributed by atoms with Gasteiger partial charge in [-0.3, -0.25) is 0 Å². The quantitative estimate of drug-likeness (QED) is 0.790. The van der Waals surface area contributed by atoms with E-state index < -0.39 is 0 Å². The third-order valence-corrected chi connectivity index (χ3v) is 3.74. The van der Waals surface area contributed by atoms with Crippen LogP contribution in [-0.2, 0) is 13.5 Å². The number of hydrogen-bond donors (Lipinski definition) is 0. The summed E-state index contributed by atoms with van der Waals surface area (Å²) in [6.45, 7) is 2.06. The van der Waals surface area contributed by atoms with Crippen molar-refractivity contribution in [3.8, 4) is 6.07 Å². The lowest BCUT2D eigenvalue weighted by Gasteiger charge is -2.08. The number of benzene rings is 1. The minimum Gasteiger partial charge on any atom is -0.312 e. The van der Waals surface area contributed by atoms with E-state index in [0.717, 1.165) is 5.16 Å². The maximum absolute atomic E-state index is 9.20. The van der Waals surface area contributed by atoms with E-state index in [1.807, 2.05) is 11.6 Å². The second kappa shape index (κ2) is 5.69. The van der Waals surface area contributed by atoms with Crippen LogP contribution in [0.5, 0.6) is 0 Å². The van der Waals surface area contributed by atoms with Gasteiger partial charge in [-0.2, -0.15) is 5.26 Å². The molecule has 1 aromatic heterocycles. The predicted molar refractivity (Wildman–Crippen MR) is 71.1 cm³/mol. The average molecular weight is 258 g/mol. The van der Waals surface area contributed by atoms with Crippen LogP contribution in [0, 0.1) is 18.3 Å². The molecular formula is C13H14N4S. The zero-order chi connectivity index (χ0) is 13.0.